The molecule has 3 rings (SSSR count). The number of hydrogen-bond acceptors (Lipinski definition) is 4. The number of hydrogen-bond donors (Lipinski definition) is 2. The second-order valence-corrected chi connectivity index (χ2v) is 4.48. The van der Waals surface area contributed by atoms with Crippen LogP contribution in [0.15, 0.2) is 42.5 Å². The summed E-state index contributed by atoms with van der Waals surface area (Å²) >= 11 is 0. The molecule has 0 bridgehead atoms. The van der Waals surface area contributed by atoms with Crippen molar-refractivity contribution >= 4 is 5.78 Å². The highest BCUT2D eigenvalue weighted by molar-refractivity contribution is 6.02. The minimum Gasteiger partial charge on any atom is -0.508 e. The van der Waals surface area contributed by atoms with Crippen LogP contribution in [0.4, 0.5) is 0 Å². The normalized spacial score (nSPS) is 16.3. The SMILES string of the molecule is CC.O=C1CC(c2ccc(O)cc2)Oc2cccc(O)c21. The van der Waals surface area contributed by atoms with Crippen molar-refractivity contribution in [3.63, 3.8) is 0 Å². The van der Waals surface area contributed by atoms with Gasteiger partial charge in [-0.25, -0.2) is 0 Å². The van der Waals surface area contributed by atoms with E-state index in [-0.39, 0.29) is 35.4 Å². The monoisotopic (exact) mass is 286 g/mol. The van der Waals surface area contributed by atoms with Crippen molar-refractivity contribution in [2.75, 3.05) is 0 Å². The fourth-order valence-corrected chi connectivity index (χ4v) is 2.24. The molecule has 110 valence electrons. The standard InChI is InChI=1S/C15H12O4.C2H6/c16-10-6-4-9(5-7-10)14-8-12(18)15-11(17)2-1-3-13(15)19-14;1-2/h1-7,14,16-17H,8H2;1-2H3. The lowest BCUT2D eigenvalue weighted by atomic mass is 9.95. The average Bonchev–Trinajstić information content (AvgIpc) is 2.49. The minimum absolute atomic E-state index is 0.0494. The zero-order chi connectivity index (χ0) is 15.4. The van der Waals surface area contributed by atoms with E-state index in [0.717, 1.165) is 5.56 Å². The van der Waals surface area contributed by atoms with E-state index in [4.69, 9.17) is 4.74 Å². The predicted molar refractivity (Wildman–Crippen MR) is 79.9 cm³/mol. The molecule has 2 aromatic carbocycles. The van der Waals surface area contributed by atoms with Gasteiger partial charge in [-0.05, 0) is 29.8 Å². The first kappa shape index (κ1) is 14.9. The molecule has 0 aliphatic carbocycles. The van der Waals surface area contributed by atoms with Gasteiger partial charge in [0.1, 0.15) is 28.9 Å². The molecule has 21 heavy (non-hydrogen) atoms. The van der Waals surface area contributed by atoms with Crippen LogP contribution in [0, 0.1) is 0 Å². The Labute approximate surface area is 123 Å². The number of ether oxygens (including phenoxy) is 1. The highest BCUT2D eigenvalue weighted by atomic mass is 16.5. The lowest BCUT2D eigenvalue weighted by molar-refractivity contribution is 0.0845. The molecule has 0 aromatic heterocycles. The van der Waals surface area contributed by atoms with Crippen LogP contribution in [-0.4, -0.2) is 16.0 Å². The lowest BCUT2D eigenvalue weighted by Crippen LogP contribution is -2.20. The van der Waals surface area contributed by atoms with Gasteiger partial charge < -0.3 is 14.9 Å². The highest BCUT2D eigenvalue weighted by Gasteiger charge is 2.29. The van der Waals surface area contributed by atoms with Crippen molar-refractivity contribution in [2.45, 2.75) is 26.4 Å². The maximum atomic E-state index is 12.1. The first-order valence-electron chi connectivity index (χ1n) is 6.96. The lowest BCUT2D eigenvalue weighted by Gasteiger charge is -2.25. The number of phenols is 2. The summed E-state index contributed by atoms with van der Waals surface area (Å²) in [6.07, 6.45) is -0.211. The fourth-order valence-electron chi connectivity index (χ4n) is 2.24. The number of Topliss-reactive ketones (excluding diaryl/α,β-unsaturated/α-hetero) is 1. The molecule has 0 radical (unpaired) electrons. The molecule has 2 N–H and O–H groups in total. The largest absolute Gasteiger partial charge is 0.508 e. The number of aromatic hydroxyl groups is 2. The maximum absolute atomic E-state index is 12.1. The van der Waals surface area contributed by atoms with Crippen molar-refractivity contribution in [1.29, 1.82) is 0 Å². The van der Waals surface area contributed by atoms with Crippen molar-refractivity contribution in [3.8, 4) is 17.2 Å². The number of fused-ring (bicyclic) bond motifs is 1. The Kier molecular flexibility index (Phi) is 4.48. The van der Waals surface area contributed by atoms with Crippen molar-refractivity contribution in [1.82, 2.24) is 0 Å². The van der Waals surface area contributed by atoms with Crippen LogP contribution >= 0.6 is 0 Å². The second kappa shape index (κ2) is 6.31. The molecule has 0 saturated carbocycles. The van der Waals surface area contributed by atoms with Crippen molar-refractivity contribution < 1.29 is 19.7 Å². The van der Waals surface area contributed by atoms with Gasteiger partial charge >= 0.3 is 0 Å². The summed E-state index contributed by atoms with van der Waals surface area (Å²) in [5.41, 5.74) is 1.07. The van der Waals surface area contributed by atoms with Gasteiger partial charge in [-0.1, -0.05) is 32.0 Å². The third kappa shape index (κ3) is 2.99. The molecular formula is C17H18O4. The Morgan fingerprint density at radius 1 is 1.05 bits per heavy atom. The second-order valence-electron chi connectivity index (χ2n) is 4.48. The molecule has 1 atom stereocenters. The molecule has 2 aromatic rings. The molecular weight excluding hydrogens is 268 g/mol. The van der Waals surface area contributed by atoms with Crippen LogP contribution < -0.4 is 4.74 Å². The van der Waals surface area contributed by atoms with E-state index in [1.54, 1.807) is 36.4 Å². The molecule has 1 unspecified atom stereocenters. The smallest absolute Gasteiger partial charge is 0.174 e. The molecule has 0 fully saturated rings. The van der Waals surface area contributed by atoms with E-state index in [0.29, 0.717) is 5.75 Å². The van der Waals surface area contributed by atoms with E-state index < -0.39 is 0 Å². The average molecular weight is 286 g/mol. The zero-order valence-electron chi connectivity index (χ0n) is 12.0. The van der Waals surface area contributed by atoms with Crippen LogP contribution in [0.25, 0.3) is 0 Å². The zero-order valence-corrected chi connectivity index (χ0v) is 12.0. The summed E-state index contributed by atoms with van der Waals surface area (Å²) in [7, 11) is 0. The quantitative estimate of drug-likeness (QED) is 0.836. The predicted octanol–water partition coefficient (Wildman–Crippen LogP) is 3.83. The molecule has 1 aliphatic heterocycles. The molecule has 0 saturated heterocycles. The number of carbonyl (C=O) groups is 1. The highest BCUT2D eigenvalue weighted by Crippen LogP contribution is 2.38. The maximum Gasteiger partial charge on any atom is 0.174 e. The summed E-state index contributed by atoms with van der Waals surface area (Å²) in [4.78, 5) is 12.1. The van der Waals surface area contributed by atoms with Gasteiger partial charge in [-0.3, -0.25) is 4.79 Å². The summed E-state index contributed by atoms with van der Waals surface area (Å²) in [6.45, 7) is 4.00. The molecule has 4 heteroatoms. The Balaban J connectivity index is 0.000000774. The molecule has 1 aliphatic rings. The van der Waals surface area contributed by atoms with E-state index in [9.17, 15) is 15.0 Å². The van der Waals surface area contributed by atoms with Gasteiger partial charge in [0.25, 0.3) is 0 Å². The van der Waals surface area contributed by atoms with Crippen LogP contribution in [0.1, 0.15) is 42.3 Å². The van der Waals surface area contributed by atoms with E-state index >= 15 is 0 Å². The minimum atomic E-state index is -0.387. The van der Waals surface area contributed by atoms with E-state index in [1.165, 1.54) is 6.07 Å². The summed E-state index contributed by atoms with van der Waals surface area (Å²) in [5.74, 6) is 0.377. The van der Waals surface area contributed by atoms with Crippen LogP contribution in [0.5, 0.6) is 17.2 Å². The molecule has 0 amide bonds. The molecule has 0 spiro atoms. The summed E-state index contributed by atoms with van der Waals surface area (Å²) < 4.78 is 5.75. The van der Waals surface area contributed by atoms with E-state index in [1.807, 2.05) is 13.8 Å². The summed E-state index contributed by atoms with van der Waals surface area (Å²) in [6, 6.07) is 11.3. The van der Waals surface area contributed by atoms with Gasteiger partial charge in [0.15, 0.2) is 5.78 Å². The van der Waals surface area contributed by atoms with Gasteiger partial charge in [0, 0.05) is 0 Å². The molecule has 4 nitrogen and oxygen atoms in total. The third-order valence-electron chi connectivity index (χ3n) is 3.19. The number of phenolic OH excluding ortho intramolecular Hbond substituents is 2. The van der Waals surface area contributed by atoms with Gasteiger partial charge in [-0.2, -0.15) is 0 Å². The van der Waals surface area contributed by atoms with Crippen LogP contribution in [0.2, 0.25) is 0 Å². The Bertz CT molecular complexity index is 632. The first-order valence-corrected chi connectivity index (χ1v) is 6.96. The first-order chi connectivity index (χ1) is 10.1. The number of ketones is 1. The number of benzene rings is 2. The van der Waals surface area contributed by atoms with Gasteiger partial charge in [0.2, 0.25) is 0 Å². The number of carbonyl (C=O) groups excluding carboxylic acids is 1. The van der Waals surface area contributed by atoms with Gasteiger partial charge in [-0.15, -0.1) is 0 Å². The van der Waals surface area contributed by atoms with Crippen LogP contribution in [0.3, 0.4) is 0 Å². The summed E-state index contributed by atoms with van der Waals surface area (Å²) in [5, 5.41) is 18.9. The fraction of sp³-hybridized carbons (Fsp3) is 0.235. The Morgan fingerprint density at radius 2 is 1.71 bits per heavy atom. The van der Waals surface area contributed by atoms with Gasteiger partial charge in [0.05, 0.1) is 6.42 Å². The Hall–Kier alpha value is -2.49. The Morgan fingerprint density at radius 3 is 2.38 bits per heavy atom. The van der Waals surface area contributed by atoms with E-state index in [2.05, 4.69) is 0 Å². The topological polar surface area (TPSA) is 66.8 Å². The third-order valence-corrected chi connectivity index (χ3v) is 3.19. The van der Waals surface area contributed by atoms with Crippen LogP contribution in [-0.2, 0) is 0 Å². The van der Waals surface area contributed by atoms with Crippen molar-refractivity contribution in [3.05, 3.63) is 53.6 Å². The molecule has 1 heterocycles. The van der Waals surface area contributed by atoms with Crippen molar-refractivity contribution in [2.24, 2.45) is 0 Å². The number of rotatable bonds is 1.